The highest BCUT2D eigenvalue weighted by Gasteiger charge is 2.39. The molecule has 0 radical (unpaired) electrons. The summed E-state index contributed by atoms with van der Waals surface area (Å²) in [7, 11) is 0. The van der Waals surface area contributed by atoms with Gasteiger partial charge in [-0.2, -0.15) is 0 Å². The molecule has 0 spiro atoms. The molecular weight excluding hydrogens is 228 g/mol. The number of ketones is 1. The number of ether oxygens (including phenoxy) is 1. The first-order valence-corrected chi connectivity index (χ1v) is 6.57. The average molecular weight is 248 g/mol. The molecule has 0 aromatic carbocycles. The fourth-order valence-electron chi connectivity index (χ4n) is 2.68. The zero-order valence-electron chi connectivity index (χ0n) is 11.1. The first-order valence-electron chi connectivity index (χ1n) is 6.57. The van der Waals surface area contributed by atoms with E-state index in [2.05, 4.69) is 6.58 Å². The molecule has 0 aromatic rings. The molecule has 1 heterocycles. The van der Waals surface area contributed by atoms with Gasteiger partial charge in [0.25, 0.3) is 0 Å². The number of hydrogen-bond donors (Lipinski definition) is 0. The van der Waals surface area contributed by atoms with Gasteiger partial charge in [0, 0.05) is 23.8 Å². The predicted molar refractivity (Wildman–Crippen MR) is 68.9 cm³/mol. The number of allylic oxidation sites excluding steroid dienone is 2. The molecule has 0 saturated carbocycles. The Kier molecular flexibility index (Phi) is 3.69. The summed E-state index contributed by atoms with van der Waals surface area (Å²) in [6.45, 7) is 7.79. The van der Waals surface area contributed by atoms with Crippen LogP contribution in [0.5, 0.6) is 0 Å². The van der Waals surface area contributed by atoms with E-state index < -0.39 is 0 Å². The van der Waals surface area contributed by atoms with Gasteiger partial charge in [-0.05, 0) is 26.2 Å². The smallest absolute Gasteiger partial charge is 0.334 e. The summed E-state index contributed by atoms with van der Waals surface area (Å²) in [5.41, 5.74) is 1.79. The van der Waals surface area contributed by atoms with Crippen molar-refractivity contribution in [2.75, 3.05) is 0 Å². The van der Waals surface area contributed by atoms with E-state index in [1.54, 1.807) is 0 Å². The Balaban J connectivity index is 2.22. The van der Waals surface area contributed by atoms with Gasteiger partial charge in [0.05, 0.1) is 0 Å². The quantitative estimate of drug-likeness (QED) is 0.376. The molecule has 3 atom stereocenters. The molecule has 98 valence electrons. The van der Waals surface area contributed by atoms with Crippen LogP contribution in [0, 0.1) is 11.8 Å². The second-order valence-corrected chi connectivity index (χ2v) is 5.47. The van der Waals surface area contributed by atoms with Gasteiger partial charge in [0.1, 0.15) is 11.9 Å². The normalized spacial score (nSPS) is 36.7. The van der Waals surface area contributed by atoms with Crippen molar-refractivity contribution in [1.82, 2.24) is 0 Å². The van der Waals surface area contributed by atoms with Gasteiger partial charge in [0.15, 0.2) is 0 Å². The molecule has 1 fully saturated rings. The number of esters is 1. The molecule has 1 aliphatic carbocycles. The van der Waals surface area contributed by atoms with Crippen molar-refractivity contribution in [3.63, 3.8) is 0 Å². The third-order valence-corrected chi connectivity index (χ3v) is 4.05. The van der Waals surface area contributed by atoms with E-state index in [9.17, 15) is 9.59 Å². The SMILES string of the molecule is C=C1C(=O)O[C@@H]2C[C@H](C)C(=O)C/C=C(\C)CC[C@@H]12. The average Bonchev–Trinajstić information content (AvgIpc) is 2.59. The molecule has 0 unspecified atom stereocenters. The molecule has 3 nitrogen and oxygen atoms in total. The Hall–Kier alpha value is -1.38. The summed E-state index contributed by atoms with van der Waals surface area (Å²) in [6.07, 6.45) is 4.77. The summed E-state index contributed by atoms with van der Waals surface area (Å²) in [5.74, 6) is -0.0401. The van der Waals surface area contributed by atoms with Crippen molar-refractivity contribution in [3.8, 4) is 0 Å². The molecule has 0 bridgehead atoms. The summed E-state index contributed by atoms with van der Waals surface area (Å²) in [5, 5.41) is 0. The van der Waals surface area contributed by atoms with Gasteiger partial charge in [-0.15, -0.1) is 0 Å². The van der Waals surface area contributed by atoms with Crippen LogP contribution in [0.15, 0.2) is 23.8 Å². The van der Waals surface area contributed by atoms with Crippen LogP contribution in [0.3, 0.4) is 0 Å². The lowest BCUT2D eigenvalue weighted by Crippen LogP contribution is -2.24. The molecule has 18 heavy (non-hydrogen) atoms. The van der Waals surface area contributed by atoms with E-state index in [1.807, 2.05) is 19.9 Å². The molecule has 2 rings (SSSR count). The van der Waals surface area contributed by atoms with E-state index >= 15 is 0 Å². The van der Waals surface area contributed by atoms with Crippen LogP contribution < -0.4 is 0 Å². The van der Waals surface area contributed by atoms with Gasteiger partial charge in [-0.25, -0.2) is 4.79 Å². The van der Waals surface area contributed by atoms with Gasteiger partial charge < -0.3 is 4.74 Å². The zero-order chi connectivity index (χ0) is 13.3. The highest BCUT2D eigenvalue weighted by molar-refractivity contribution is 5.91. The molecular formula is C15H20O3. The number of carbonyl (C=O) groups is 2. The first kappa shape index (κ1) is 13.1. The highest BCUT2D eigenvalue weighted by Crippen LogP contribution is 2.35. The van der Waals surface area contributed by atoms with E-state index in [0.29, 0.717) is 18.4 Å². The summed E-state index contributed by atoms with van der Waals surface area (Å²) in [6, 6.07) is 0. The van der Waals surface area contributed by atoms with Crippen LogP contribution in [0.1, 0.15) is 39.5 Å². The minimum absolute atomic E-state index is 0.0571. The monoisotopic (exact) mass is 248 g/mol. The van der Waals surface area contributed by atoms with Crippen LogP contribution in [-0.4, -0.2) is 17.9 Å². The van der Waals surface area contributed by atoms with Gasteiger partial charge in [0.2, 0.25) is 0 Å². The lowest BCUT2D eigenvalue weighted by atomic mass is 9.83. The standard InChI is InChI=1S/C15H20O3/c1-9-4-6-12-11(3)15(17)18-14(12)8-10(2)13(16)7-5-9/h5,10,12,14H,3-4,6-8H2,1-2H3/b9-5+/t10-,12-,14+/m0/s1. The number of carbonyl (C=O) groups excluding carboxylic acids is 2. The maximum absolute atomic E-state index is 11.9. The highest BCUT2D eigenvalue weighted by atomic mass is 16.6. The lowest BCUT2D eigenvalue weighted by Gasteiger charge is -2.22. The summed E-state index contributed by atoms with van der Waals surface area (Å²) >= 11 is 0. The third-order valence-electron chi connectivity index (χ3n) is 4.05. The Morgan fingerprint density at radius 3 is 2.83 bits per heavy atom. The number of Topliss-reactive ketones (excluding diaryl/α,β-unsaturated/α-hetero) is 1. The molecule has 2 aliphatic rings. The second-order valence-electron chi connectivity index (χ2n) is 5.47. The van der Waals surface area contributed by atoms with Crippen LogP contribution in [0.4, 0.5) is 0 Å². The van der Waals surface area contributed by atoms with Crippen molar-refractivity contribution in [2.45, 2.75) is 45.6 Å². The van der Waals surface area contributed by atoms with Crippen LogP contribution in [0.25, 0.3) is 0 Å². The summed E-state index contributed by atoms with van der Waals surface area (Å²) in [4.78, 5) is 23.5. The van der Waals surface area contributed by atoms with Crippen LogP contribution in [0.2, 0.25) is 0 Å². The molecule has 1 aliphatic heterocycles. The largest absolute Gasteiger partial charge is 0.458 e. The second kappa shape index (κ2) is 5.09. The number of fused-ring (bicyclic) bond motifs is 1. The predicted octanol–water partition coefficient (Wildman–Crippen LogP) is 2.81. The molecule has 1 saturated heterocycles. The molecule has 3 heteroatoms. The topological polar surface area (TPSA) is 43.4 Å². The Morgan fingerprint density at radius 2 is 2.11 bits per heavy atom. The first-order chi connectivity index (χ1) is 8.49. The van der Waals surface area contributed by atoms with Crippen molar-refractivity contribution in [2.24, 2.45) is 11.8 Å². The van der Waals surface area contributed by atoms with E-state index in [-0.39, 0.29) is 29.7 Å². The lowest BCUT2D eigenvalue weighted by molar-refractivity contribution is -0.140. The maximum Gasteiger partial charge on any atom is 0.334 e. The van der Waals surface area contributed by atoms with Crippen LogP contribution >= 0.6 is 0 Å². The van der Waals surface area contributed by atoms with E-state index in [0.717, 1.165) is 12.8 Å². The Morgan fingerprint density at radius 1 is 1.39 bits per heavy atom. The zero-order valence-corrected chi connectivity index (χ0v) is 11.1. The summed E-state index contributed by atoms with van der Waals surface area (Å²) < 4.78 is 5.35. The van der Waals surface area contributed by atoms with Crippen LogP contribution in [-0.2, 0) is 14.3 Å². The van der Waals surface area contributed by atoms with Gasteiger partial charge in [-0.3, -0.25) is 4.79 Å². The van der Waals surface area contributed by atoms with Crippen molar-refractivity contribution in [1.29, 1.82) is 0 Å². The Bertz CT molecular complexity index is 419. The fourth-order valence-corrected chi connectivity index (χ4v) is 2.68. The van der Waals surface area contributed by atoms with Crippen molar-refractivity contribution in [3.05, 3.63) is 23.8 Å². The number of rotatable bonds is 0. The van der Waals surface area contributed by atoms with E-state index in [4.69, 9.17) is 4.74 Å². The van der Waals surface area contributed by atoms with Gasteiger partial charge in [-0.1, -0.05) is 25.2 Å². The van der Waals surface area contributed by atoms with Crippen molar-refractivity contribution < 1.29 is 14.3 Å². The van der Waals surface area contributed by atoms with E-state index in [1.165, 1.54) is 5.57 Å². The third kappa shape index (κ3) is 2.55. The minimum Gasteiger partial charge on any atom is -0.458 e. The fraction of sp³-hybridized carbons (Fsp3) is 0.600. The molecule has 0 aromatic heterocycles. The van der Waals surface area contributed by atoms with Gasteiger partial charge >= 0.3 is 5.97 Å². The maximum atomic E-state index is 11.9. The Labute approximate surface area is 108 Å². The minimum atomic E-state index is -0.287. The number of hydrogen-bond acceptors (Lipinski definition) is 3. The van der Waals surface area contributed by atoms with Crippen molar-refractivity contribution >= 4 is 11.8 Å². The molecule has 0 amide bonds. The molecule has 0 N–H and O–H groups in total.